The highest BCUT2D eigenvalue weighted by molar-refractivity contribution is 5.98. The van der Waals surface area contributed by atoms with Gasteiger partial charge < -0.3 is 20.7 Å². The number of carbonyl (C=O) groups excluding carboxylic acids is 2. The molecule has 0 spiro atoms. The first-order chi connectivity index (χ1) is 17.2. The summed E-state index contributed by atoms with van der Waals surface area (Å²) in [5.74, 6) is 0.523. The zero-order chi connectivity index (χ0) is 24.3. The summed E-state index contributed by atoms with van der Waals surface area (Å²) in [5, 5.41) is 9.09. The Hall–Kier alpha value is -3.80. The lowest BCUT2D eigenvalue weighted by Gasteiger charge is -2.22. The highest BCUT2D eigenvalue weighted by Gasteiger charge is 2.17. The maximum Gasteiger partial charge on any atom is 0.251 e. The van der Waals surface area contributed by atoms with Gasteiger partial charge in [-0.3, -0.25) is 9.59 Å². The maximum atomic E-state index is 12.6. The molecular formula is C29H33N3O3. The molecule has 1 saturated carbocycles. The Kier molecular flexibility index (Phi) is 8.76. The van der Waals surface area contributed by atoms with Crippen molar-refractivity contribution < 1.29 is 14.3 Å². The molecule has 0 aliphatic heterocycles. The van der Waals surface area contributed by atoms with Gasteiger partial charge in [0, 0.05) is 29.4 Å². The van der Waals surface area contributed by atoms with Crippen LogP contribution in [0.15, 0.2) is 78.9 Å². The second-order valence-corrected chi connectivity index (χ2v) is 8.90. The monoisotopic (exact) mass is 471 g/mol. The van der Waals surface area contributed by atoms with Gasteiger partial charge in [0.15, 0.2) is 0 Å². The molecule has 35 heavy (non-hydrogen) atoms. The largest absolute Gasteiger partial charge is 0.493 e. The van der Waals surface area contributed by atoms with Crippen LogP contribution in [-0.2, 0) is 11.2 Å². The number of anilines is 2. The van der Waals surface area contributed by atoms with E-state index in [1.807, 2.05) is 42.5 Å². The molecular weight excluding hydrogens is 438 g/mol. The van der Waals surface area contributed by atoms with Gasteiger partial charge in [-0.2, -0.15) is 0 Å². The average Bonchev–Trinajstić information content (AvgIpc) is 2.89. The Morgan fingerprint density at radius 3 is 2.37 bits per heavy atom. The summed E-state index contributed by atoms with van der Waals surface area (Å²) in [4.78, 5) is 25.0. The normalized spacial score (nSPS) is 13.6. The number of hydrogen-bond acceptors (Lipinski definition) is 4. The van der Waals surface area contributed by atoms with Crippen molar-refractivity contribution in [2.45, 2.75) is 44.6 Å². The summed E-state index contributed by atoms with van der Waals surface area (Å²) in [6.45, 7) is 0.726. The molecule has 6 heteroatoms. The van der Waals surface area contributed by atoms with Crippen molar-refractivity contribution >= 4 is 23.2 Å². The molecule has 1 fully saturated rings. The van der Waals surface area contributed by atoms with E-state index < -0.39 is 0 Å². The number of hydrogen-bond donors (Lipinski definition) is 3. The second-order valence-electron chi connectivity index (χ2n) is 8.90. The molecule has 0 unspecified atom stereocenters. The summed E-state index contributed by atoms with van der Waals surface area (Å²) in [7, 11) is 0. The lowest BCUT2D eigenvalue weighted by atomic mass is 9.95. The van der Waals surface area contributed by atoms with Crippen LogP contribution in [-0.4, -0.2) is 31.0 Å². The zero-order valence-electron chi connectivity index (χ0n) is 20.0. The van der Waals surface area contributed by atoms with Crippen molar-refractivity contribution in [1.82, 2.24) is 5.32 Å². The molecule has 1 aliphatic rings. The van der Waals surface area contributed by atoms with Crippen LogP contribution in [0.4, 0.5) is 11.4 Å². The van der Waals surface area contributed by atoms with Gasteiger partial charge in [0.05, 0.1) is 13.2 Å². The Labute approximate surface area is 207 Å². The van der Waals surface area contributed by atoms with Gasteiger partial charge >= 0.3 is 0 Å². The van der Waals surface area contributed by atoms with E-state index in [9.17, 15) is 9.59 Å². The number of amides is 2. The van der Waals surface area contributed by atoms with Crippen molar-refractivity contribution in [3.8, 4) is 5.75 Å². The Bertz CT molecular complexity index is 1090. The van der Waals surface area contributed by atoms with E-state index in [0.717, 1.165) is 43.5 Å². The van der Waals surface area contributed by atoms with Crippen LogP contribution in [0.3, 0.4) is 0 Å². The molecule has 0 bridgehead atoms. The first kappa shape index (κ1) is 24.3. The van der Waals surface area contributed by atoms with Gasteiger partial charge in [0.2, 0.25) is 5.91 Å². The zero-order valence-corrected chi connectivity index (χ0v) is 20.0. The Morgan fingerprint density at radius 1 is 0.829 bits per heavy atom. The molecule has 0 radical (unpaired) electrons. The fourth-order valence-electron chi connectivity index (χ4n) is 4.24. The van der Waals surface area contributed by atoms with Crippen molar-refractivity contribution in [1.29, 1.82) is 0 Å². The predicted molar refractivity (Wildman–Crippen MR) is 140 cm³/mol. The van der Waals surface area contributed by atoms with E-state index in [0.29, 0.717) is 17.9 Å². The highest BCUT2D eigenvalue weighted by Crippen LogP contribution is 2.19. The van der Waals surface area contributed by atoms with Crippen LogP contribution in [0.2, 0.25) is 0 Å². The van der Waals surface area contributed by atoms with E-state index >= 15 is 0 Å². The maximum absolute atomic E-state index is 12.6. The standard InChI is InChI=1S/C29H33N3O3/c33-28(31-26-13-7-10-23(20-26)29(34)32-25-11-5-2-6-12-25)21-30-24-14-16-27(17-15-24)35-19-18-22-8-3-1-4-9-22/h1,3-4,7-10,13-17,20,25,30H,2,5-6,11-12,18-19,21H2,(H,31,33)(H,32,34). The van der Waals surface area contributed by atoms with Gasteiger partial charge in [0.1, 0.15) is 5.75 Å². The van der Waals surface area contributed by atoms with Crippen molar-refractivity contribution in [3.63, 3.8) is 0 Å². The first-order valence-corrected chi connectivity index (χ1v) is 12.4. The SMILES string of the molecule is O=C(CNc1ccc(OCCc2ccccc2)cc1)Nc1cccc(C(=O)NC2CCCCC2)c1. The number of benzene rings is 3. The van der Waals surface area contributed by atoms with Gasteiger partial charge in [-0.25, -0.2) is 0 Å². The fourth-order valence-corrected chi connectivity index (χ4v) is 4.24. The number of ether oxygens (including phenoxy) is 1. The third-order valence-electron chi connectivity index (χ3n) is 6.16. The molecule has 4 rings (SSSR count). The summed E-state index contributed by atoms with van der Waals surface area (Å²) in [5.41, 5.74) is 3.24. The third-order valence-corrected chi connectivity index (χ3v) is 6.16. The van der Waals surface area contributed by atoms with Gasteiger partial charge in [0.25, 0.3) is 5.91 Å². The minimum atomic E-state index is -0.182. The number of rotatable bonds is 10. The average molecular weight is 472 g/mol. The van der Waals surface area contributed by atoms with Crippen LogP contribution in [0.1, 0.15) is 48.0 Å². The van der Waals surface area contributed by atoms with Crippen molar-refractivity contribution in [3.05, 3.63) is 90.0 Å². The van der Waals surface area contributed by atoms with E-state index in [4.69, 9.17) is 4.74 Å². The molecule has 3 aromatic rings. The summed E-state index contributed by atoms with van der Waals surface area (Å²) >= 11 is 0. The van der Waals surface area contributed by atoms with E-state index in [2.05, 4.69) is 28.1 Å². The molecule has 0 aromatic heterocycles. The Balaban J connectivity index is 1.20. The lowest BCUT2D eigenvalue weighted by molar-refractivity contribution is -0.114. The molecule has 6 nitrogen and oxygen atoms in total. The first-order valence-electron chi connectivity index (χ1n) is 12.4. The molecule has 182 valence electrons. The van der Waals surface area contributed by atoms with Gasteiger partial charge in [-0.1, -0.05) is 55.7 Å². The minimum absolute atomic E-state index is 0.0859. The van der Waals surface area contributed by atoms with Crippen LogP contribution in [0.5, 0.6) is 5.75 Å². The molecule has 2 amide bonds. The van der Waals surface area contributed by atoms with Crippen LogP contribution in [0.25, 0.3) is 0 Å². The van der Waals surface area contributed by atoms with Crippen LogP contribution >= 0.6 is 0 Å². The number of nitrogens with one attached hydrogen (secondary N) is 3. The topological polar surface area (TPSA) is 79.5 Å². The molecule has 3 aromatic carbocycles. The van der Waals surface area contributed by atoms with Crippen molar-refractivity contribution in [2.75, 3.05) is 23.8 Å². The molecule has 0 atom stereocenters. The second kappa shape index (κ2) is 12.6. The van der Waals surface area contributed by atoms with Gasteiger partial charge in [-0.05, 0) is 60.9 Å². The molecule has 0 heterocycles. The van der Waals surface area contributed by atoms with E-state index in [1.165, 1.54) is 12.0 Å². The number of carbonyl (C=O) groups is 2. The summed E-state index contributed by atoms with van der Waals surface area (Å²) < 4.78 is 5.81. The lowest BCUT2D eigenvalue weighted by Crippen LogP contribution is -2.36. The minimum Gasteiger partial charge on any atom is -0.493 e. The summed E-state index contributed by atoms with van der Waals surface area (Å²) in [6.07, 6.45) is 6.50. The highest BCUT2D eigenvalue weighted by atomic mass is 16.5. The summed E-state index contributed by atoms with van der Waals surface area (Å²) in [6, 6.07) is 25.1. The van der Waals surface area contributed by atoms with Crippen molar-refractivity contribution in [2.24, 2.45) is 0 Å². The molecule has 3 N–H and O–H groups in total. The van der Waals surface area contributed by atoms with Crippen LogP contribution in [0, 0.1) is 0 Å². The Morgan fingerprint density at radius 2 is 1.60 bits per heavy atom. The fraction of sp³-hybridized carbons (Fsp3) is 0.310. The third kappa shape index (κ3) is 7.88. The van der Waals surface area contributed by atoms with E-state index in [1.54, 1.807) is 24.3 Å². The molecule has 1 aliphatic carbocycles. The predicted octanol–water partition coefficient (Wildman–Crippen LogP) is 5.42. The quantitative estimate of drug-likeness (QED) is 0.369. The smallest absolute Gasteiger partial charge is 0.251 e. The van der Waals surface area contributed by atoms with Gasteiger partial charge in [-0.15, -0.1) is 0 Å². The van der Waals surface area contributed by atoms with E-state index in [-0.39, 0.29) is 24.4 Å². The van der Waals surface area contributed by atoms with Crippen LogP contribution < -0.4 is 20.7 Å². The molecule has 0 saturated heterocycles.